The zero-order chi connectivity index (χ0) is 22.4. The lowest BCUT2D eigenvalue weighted by Gasteiger charge is -2.37. The molecule has 8 heteroatoms. The van der Waals surface area contributed by atoms with Crippen molar-refractivity contribution in [3.05, 3.63) is 53.8 Å². The van der Waals surface area contributed by atoms with Crippen molar-refractivity contribution in [2.75, 3.05) is 40.1 Å². The highest BCUT2D eigenvalue weighted by molar-refractivity contribution is 8.00. The van der Waals surface area contributed by atoms with Gasteiger partial charge >= 0.3 is 0 Å². The van der Waals surface area contributed by atoms with E-state index in [1.165, 1.54) is 17.8 Å². The molecule has 166 valence electrons. The summed E-state index contributed by atoms with van der Waals surface area (Å²) < 4.78 is 20.3. The summed E-state index contributed by atoms with van der Waals surface area (Å²) in [5.74, 6) is -0.586. The number of ether oxygens (including phenoxy) is 1. The number of nitrogens with zero attached hydrogens (tertiary/aromatic N) is 1. The summed E-state index contributed by atoms with van der Waals surface area (Å²) in [6.07, 6.45) is 0.0605. The number of thioether (sulfide) groups is 1. The lowest BCUT2D eigenvalue weighted by molar-refractivity contribution is -0.114. The van der Waals surface area contributed by atoms with E-state index >= 15 is 0 Å². The van der Waals surface area contributed by atoms with Gasteiger partial charge in [0.2, 0.25) is 11.8 Å². The Morgan fingerprint density at radius 3 is 2.23 bits per heavy atom. The third-order valence-corrected chi connectivity index (χ3v) is 5.69. The maximum absolute atomic E-state index is 14.6. The van der Waals surface area contributed by atoms with E-state index in [0.29, 0.717) is 24.5 Å². The summed E-state index contributed by atoms with van der Waals surface area (Å²) >= 11 is 1.20. The van der Waals surface area contributed by atoms with E-state index in [0.717, 1.165) is 11.3 Å². The molecule has 6 nitrogen and oxygen atoms in total. The smallest absolute Gasteiger partial charge is 0.234 e. The van der Waals surface area contributed by atoms with Gasteiger partial charge in [0.05, 0.1) is 29.4 Å². The monoisotopic (exact) mass is 445 g/mol. The van der Waals surface area contributed by atoms with Crippen molar-refractivity contribution in [2.45, 2.75) is 33.0 Å². The first-order valence-electron chi connectivity index (χ1n) is 10.2. The van der Waals surface area contributed by atoms with Gasteiger partial charge in [-0.2, -0.15) is 0 Å². The first-order chi connectivity index (χ1) is 14.8. The number of nitrogens with one attached hydrogen (secondary N) is 2. The number of aryl methyl sites for hydroxylation is 1. The number of carbonyl (C=O) groups is 2. The van der Waals surface area contributed by atoms with Crippen LogP contribution in [-0.4, -0.2) is 48.6 Å². The topological polar surface area (TPSA) is 70.7 Å². The predicted octanol–water partition coefficient (Wildman–Crippen LogP) is 4.06. The van der Waals surface area contributed by atoms with E-state index in [-0.39, 0.29) is 41.3 Å². The third-order valence-electron chi connectivity index (χ3n) is 4.76. The fraction of sp³-hybridized carbons (Fsp3) is 0.391. The molecule has 0 saturated carbocycles. The number of halogens is 1. The molecule has 1 fully saturated rings. The first-order valence-corrected chi connectivity index (χ1v) is 11.4. The second-order valence-electron chi connectivity index (χ2n) is 7.79. The van der Waals surface area contributed by atoms with Crippen LogP contribution in [0.1, 0.15) is 19.4 Å². The molecule has 3 rings (SSSR count). The Morgan fingerprint density at radius 1 is 1.03 bits per heavy atom. The molecule has 0 aliphatic carbocycles. The second kappa shape index (κ2) is 10.6. The molecule has 0 spiro atoms. The number of anilines is 3. The fourth-order valence-electron chi connectivity index (χ4n) is 3.57. The SMILES string of the molecule is Cc1cccc(NC(=O)CSCC(=O)Nc2ccc(N3CC(C)OC(C)C3)c(F)c2)c1. The van der Waals surface area contributed by atoms with Crippen molar-refractivity contribution in [2.24, 2.45) is 0 Å². The quantitative estimate of drug-likeness (QED) is 0.673. The number of hydrogen-bond acceptors (Lipinski definition) is 5. The largest absolute Gasteiger partial charge is 0.372 e. The van der Waals surface area contributed by atoms with E-state index in [4.69, 9.17) is 4.74 Å². The normalized spacial score (nSPS) is 18.5. The van der Waals surface area contributed by atoms with Crippen LogP contribution in [0, 0.1) is 12.7 Å². The number of amides is 2. The van der Waals surface area contributed by atoms with Crippen LogP contribution in [0.4, 0.5) is 21.5 Å². The summed E-state index contributed by atoms with van der Waals surface area (Å²) in [6, 6.07) is 12.2. The molecule has 0 bridgehead atoms. The maximum atomic E-state index is 14.6. The molecule has 0 radical (unpaired) electrons. The summed E-state index contributed by atoms with van der Waals surface area (Å²) in [7, 11) is 0. The average Bonchev–Trinajstić information content (AvgIpc) is 2.67. The fourth-order valence-corrected chi connectivity index (χ4v) is 4.19. The Labute approximate surface area is 186 Å². The maximum Gasteiger partial charge on any atom is 0.234 e. The minimum atomic E-state index is -0.385. The van der Waals surface area contributed by atoms with Gasteiger partial charge in [0.15, 0.2) is 0 Å². The minimum Gasteiger partial charge on any atom is -0.372 e. The molecule has 1 aliphatic rings. The van der Waals surface area contributed by atoms with E-state index in [1.54, 1.807) is 12.1 Å². The summed E-state index contributed by atoms with van der Waals surface area (Å²) in [6.45, 7) is 7.12. The zero-order valence-electron chi connectivity index (χ0n) is 18.0. The van der Waals surface area contributed by atoms with Crippen LogP contribution in [-0.2, 0) is 14.3 Å². The van der Waals surface area contributed by atoms with E-state index in [1.807, 2.05) is 49.9 Å². The van der Waals surface area contributed by atoms with Gasteiger partial charge in [-0.1, -0.05) is 12.1 Å². The van der Waals surface area contributed by atoms with Crippen molar-refractivity contribution in [1.29, 1.82) is 0 Å². The van der Waals surface area contributed by atoms with Gasteiger partial charge in [-0.15, -0.1) is 11.8 Å². The standard InChI is InChI=1S/C23H28FN3O3S/c1-15-5-4-6-18(9-15)25-22(28)13-31-14-23(29)26-19-7-8-21(20(24)10-19)27-11-16(2)30-17(3)12-27/h4-10,16-17H,11-14H2,1-3H3,(H,25,28)(H,26,29). The van der Waals surface area contributed by atoms with Crippen molar-refractivity contribution in [3.8, 4) is 0 Å². The average molecular weight is 446 g/mol. The Balaban J connectivity index is 1.46. The number of hydrogen-bond donors (Lipinski definition) is 2. The van der Waals surface area contributed by atoms with Crippen LogP contribution in [0.3, 0.4) is 0 Å². The van der Waals surface area contributed by atoms with E-state index < -0.39 is 0 Å². The Morgan fingerprint density at radius 2 is 1.65 bits per heavy atom. The molecule has 2 amide bonds. The number of morpholine rings is 1. The van der Waals surface area contributed by atoms with Gasteiger partial charge in [-0.25, -0.2) is 4.39 Å². The summed E-state index contributed by atoms with van der Waals surface area (Å²) in [4.78, 5) is 26.1. The molecule has 0 aromatic heterocycles. The first kappa shape index (κ1) is 23.1. The lowest BCUT2D eigenvalue weighted by atomic mass is 10.2. The molecular formula is C23H28FN3O3S. The van der Waals surface area contributed by atoms with Crippen LogP contribution in [0.5, 0.6) is 0 Å². The number of rotatable bonds is 7. The van der Waals surface area contributed by atoms with Crippen LogP contribution < -0.4 is 15.5 Å². The summed E-state index contributed by atoms with van der Waals surface area (Å²) in [5.41, 5.74) is 2.68. The van der Waals surface area contributed by atoms with Crippen molar-refractivity contribution < 1.29 is 18.7 Å². The highest BCUT2D eigenvalue weighted by atomic mass is 32.2. The highest BCUT2D eigenvalue weighted by Gasteiger charge is 2.24. The van der Waals surface area contributed by atoms with Gasteiger partial charge in [0.25, 0.3) is 0 Å². The highest BCUT2D eigenvalue weighted by Crippen LogP contribution is 2.26. The third kappa shape index (κ3) is 6.97. The molecule has 2 aromatic carbocycles. The van der Waals surface area contributed by atoms with Crippen LogP contribution in [0.2, 0.25) is 0 Å². The molecule has 2 aromatic rings. The molecule has 2 unspecified atom stereocenters. The molecule has 31 heavy (non-hydrogen) atoms. The van der Waals surface area contributed by atoms with E-state index in [2.05, 4.69) is 10.6 Å². The lowest BCUT2D eigenvalue weighted by Crippen LogP contribution is -2.45. The zero-order valence-corrected chi connectivity index (χ0v) is 18.8. The molecule has 1 aliphatic heterocycles. The Kier molecular flexibility index (Phi) is 7.92. The Hall–Kier alpha value is -2.58. The predicted molar refractivity (Wildman–Crippen MR) is 124 cm³/mol. The van der Waals surface area contributed by atoms with Gasteiger partial charge < -0.3 is 20.3 Å². The van der Waals surface area contributed by atoms with Crippen molar-refractivity contribution in [3.63, 3.8) is 0 Å². The molecule has 1 heterocycles. The van der Waals surface area contributed by atoms with Gasteiger partial charge in [0.1, 0.15) is 5.82 Å². The van der Waals surface area contributed by atoms with E-state index in [9.17, 15) is 14.0 Å². The summed E-state index contributed by atoms with van der Waals surface area (Å²) in [5, 5.41) is 5.49. The van der Waals surface area contributed by atoms with Crippen molar-refractivity contribution in [1.82, 2.24) is 0 Å². The van der Waals surface area contributed by atoms with Gasteiger partial charge in [-0.3, -0.25) is 9.59 Å². The van der Waals surface area contributed by atoms with Crippen LogP contribution in [0.25, 0.3) is 0 Å². The molecule has 1 saturated heterocycles. The number of carbonyl (C=O) groups excluding carboxylic acids is 2. The molecule has 2 N–H and O–H groups in total. The molecular weight excluding hydrogens is 417 g/mol. The number of benzene rings is 2. The van der Waals surface area contributed by atoms with Gasteiger partial charge in [-0.05, 0) is 56.7 Å². The van der Waals surface area contributed by atoms with Crippen molar-refractivity contribution >= 4 is 40.6 Å². The van der Waals surface area contributed by atoms with Crippen LogP contribution >= 0.6 is 11.8 Å². The Bertz CT molecular complexity index is 930. The van der Waals surface area contributed by atoms with Gasteiger partial charge in [0, 0.05) is 24.5 Å². The second-order valence-corrected chi connectivity index (χ2v) is 8.77. The van der Waals surface area contributed by atoms with Crippen LogP contribution in [0.15, 0.2) is 42.5 Å². The minimum absolute atomic E-state index is 0.0302. The molecule has 2 atom stereocenters.